The molecule has 6 nitrogen and oxygen atoms in total. The summed E-state index contributed by atoms with van der Waals surface area (Å²) in [6.07, 6.45) is 3.26. The molecule has 29 heavy (non-hydrogen) atoms. The van der Waals surface area contributed by atoms with Gasteiger partial charge in [-0.2, -0.15) is 4.31 Å². The van der Waals surface area contributed by atoms with Crippen molar-refractivity contribution in [3.8, 4) is 0 Å². The smallest absolute Gasteiger partial charge is 0.243 e. The molecule has 2 heterocycles. The van der Waals surface area contributed by atoms with Gasteiger partial charge in [-0.25, -0.2) is 8.42 Å². The molecule has 4 rings (SSSR count). The predicted molar refractivity (Wildman–Crippen MR) is 110 cm³/mol. The number of carbonyl (C=O) groups is 1. The Morgan fingerprint density at radius 2 is 1.76 bits per heavy atom. The number of nitrogens with zero attached hydrogens (tertiary/aromatic N) is 2. The molecule has 0 fully saturated rings. The largest absolute Gasteiger partial charge is 0.468 e. The number of rotatable bonds is 6. The fourth-order valence-electron chi connectivity index (χ4n) is 3.57. The molecule has 7 heteroatoms. The second-order valence-corrected chi connectivity index (χ2v) is 8.88. The Hall–Kier alpha value is -2.90. The highest BCUT2D eigenvalue weighted by atomic mass is 32.2. The molecule has 3 aromatic rings. The molecular weight excluding hydrogens is 388 g/mol. The molecule has 0 saturated heterocycles. The number of anilines is 1. The lowest BCUT2D eigenvalue weighted by atomic mass is 10.0. The van der Waals surface area contributed by atoms with Gasteiger partial charge in [0.05, 0.1) is 24.2 Å². The maximum Gasteiger partial charge on any atom is 0.243 e. The average molecular weight is 410 g/mol. The summed E-state index contributed by atoms with van der Waals surface area (Å²) >= 11 is 0. The Labute approximate surface area is 170 Å². The maximum absolute atomic E-state index is 13.2. The molecule has 0 spiro atoms. The van der Waals surface area contributed by atoms with E-state index in [-0.39, 0.29) is 23.9 Å². The van der Waals surface area contributed by atoms with Gasteiger partial charge in [-0.05, 0) is 48.7 Å². The predicted octanol–water partition coefficient (Wildman–Crippen LogP) is 3.45. The SMILES string of the molecule is O=C(CN(Cc1ccco1)S(=O)(=O)c1ccccc1)N1CCCc2ccccc21. The Morgan fingerprint density at radius 1 is 1.00 bits per heavy atom. The number of hydrogen-bond acceptors (Lipinski definition) is 4. The zero-order valence-corrected chi connectivity index (χ0v) is 16.7. The van der Waals surface area contributed by atoms with Crippen LogP contribution in [0.3, 0.4) is 0 Å². The van der Waals surface area contributed by atoms with Crippen molar-refractivity contribution in [1.82, 2.24) is 4.31 Å². The van der Waals surface area contributed by atoms with Gasteiger partial charge in [0, 0.05) is 12.2 Å². The van der Waals surface area contributed by atoms with Gasteiger partial charge >= 0.3 is 0 Å². The molecule has 2 aromatic carbocycles. The zero-order chi connectivity index (χ0) is 20.3. The highest BCUT2D eigenvalue weighted by Gasteiger charge is 2.31. The molecule has 1 aromatic heterocycles. The first kappa shape index (κ1) is 19.4. The van der Waals surface area contributed by atoms with Crippen LogP contribution >= 0.6 is 0 Å². The van der Waals surface area contributed by atoms with Crippen LogP contribution in [0, 0.1) is 0 Å². The number of carbonyl (C=O) groups excluding carboxylic acids is 1. The van der Waals surface area contributed by atoms with Crippen LogP contribution in [-0.2, 0) is 27.8 Å². The Balaban J connectivity index is 1.63. The van der Waals surface area contributed by atoms with Crippen LogP contribution in [0.25, 0.3) is 0 Å². The Bertz CT molecular complexity index is 1080. The highest BCUT2D eigenvalue weighted by Crippen LogP contribution is 2.27. The van der Waals surface area contributed by atoms with E-state index in [1.165, 1.54) is 22.7 Å². The number of fused-ring (bicyclic) bond motifs is 1. The number of furan rings is 1. The molecular formula is C22H22N2O4S. The first-order chi connectivity index (χ1) is 14.1. The lowest BCUT2D eigenvalue weighted by Crippen LogP contribution is -2.44. The van der Waals surface area contributed by atoms with E-state index in [1.807, 2.05) is 24.3 Å². The van der Waals surface area contributed by atoms with Crippen LogP contribution in [0.4, 0.5) is 5.69 Å². The van der Waals surface area contributed by atoms with Crippen LogP contribution in [0.2, 0.25) is 0 Å². The molecule has 1 amide bonds. The molecule has 0 atom stereocenters. The lowest BCUT2D eigenvalue weighted by molar-refractivity contribution is -0.119. The van der Waals surface area contributed by atoms with Gasteiger partial charge in [0.15, 0.2) is 0 Å². The third-order valence-electron chi connectivity index (χ3n) is 5.02. The van der Waals surface area contributed by atoms with Gasteiger partial charge in [-0.3, -0.25) is 4.79 Å². The van der Waals surface area contributed by atoms with Gasteiger partial charge in [0.2, 0.25) is 15.9 Å². The van der Waals surface area contributed by atoms with Crippen molar-refractivity contribution >= 4 is 21.6 Å². The fourth-order valence-corrected chi connectivity index (χ4v) is 4.95. The van der Waals surface area contributed by atoms with E-state index in [1.54, 1.807) is 35.2 Å². The molecule has 0 unspecified atom stereocenters. The first-order valence-electron chi connectivity index (χ1n) is 9.51. The van der Waals surface area contributed by atoms with Gasteiger partial charge < -0.3 is 9.32 Å². The second-order valence-electron chi connectivity index (χ2n) is 6.94. The molecule has 0 bridgehead atoms. The van der Waals surface area contributed by atoms with Gasteiger partial charge in [-0.1, -0.05) is 36.4 Å². The average Bonchev–Trinajstić information content (AvgIpc) is 3.26. The molecule has 0 N–H and O–H groups in total. The number of aryl methyl sites for hydroxylation is 1. The minimum atomic E-state index is -3.86. The Morgan fingerprint density at radius 3 is 2.52 bits per heavy atom. The third-order valence-corrected chi connectivity index (χ3v) is 6.82. The van der Waals surface area contributed by atoms with Crippen molar-refractivity contribution in [2.45, 2.75) is 24.3 Å². The van der Waals surface area contributed by atoms with Crippen molar-refractivity contribution < 1.29 is 17.6 Å². The number of hydrogen-bond donors (Lipinski definition) is 0. The fraction of sp³-hybridized carbons (Fsp3) is 0.227. The summed E-state index contributed by atoms with van der Waals surface area (Å²) in [6.45, 7) is 0.313. The second kappa shape index (κ2) is 8.23. The van der Waals surface area contributed by atoms with Crippen LogP contribution in [-0.4, -0.2) is 31.7 Å². The number of amides is 1. The van der Waals surface area contributed by atoms with Gasteiger partial charge in [-0.15, -0.1) is 0 Å². The van der Waals surface area contributed by atoms with E-state index in [0.717, 1.165) is 24.1 Å². The van der Waals surface area contributed by atoms with Crippen molar-refractivity contribution in [2.24, 2.45) is 0 Å². The van der Waals surface area contributed by atoms with Crippen LogP contribution in [0.5, 0.6) is 0 Å². The molecule has 1 aliphatic heterocycles. The minimum absolute atomic E-state index is 0.00848. The van der Waals surface area contributed by atoms with Gasteiger partial charge in [0.25, 0.3) is 0 Å². The summed E-state index contributed by atoms with van der Waals surface area (Å²) < 4.78 is 33.0. The molecule has 0 aliphatic carbocycles. The van der Waals surface area contributed by atoms with Crippen LogP contribution in [0.1, 0.15) is 17.7 Å². The molecule has 1 aliphatic rings. The van der Waals surface area contributed by atoms with Crippen molar-refractivity contribution in [3.63, 3.8) is 0 Å². The summed E-state index contributed by atoms with van der Waals surface area (Å²) in [6, 6.07) is 19.3. The van der Waals surface area contributed by atoms with E-state index in [9.17, 15) is 13.2 Å². The van der Waals surface area contributed by atoms with E-state index in [0.29, 0.717) is 12.3 Å². The summed E-state index contributed by atoms with van der Waals surface area (Å²) in [5.41, 5.74) is 1.97. The number of benzene rings is 2. The first-order valence-corrected chi connectivity index (χ1v) is 11.0. The summed E-state index contributed by atoms with van der Waals surface area (Å²) in [4.78, 5) is 15.0. The van der Waals surface area contributed by atoms with Crippen molar-refractivity contribution in [2.75, 3.05) is 18.0 Å². The molecule has 0 radical (unpaired) electrons. The molecule has 0 saturated carbocycles. The van der Waals surface area contributed by atoms with E-state index in [2.05, 4.69) is 0 Å². The summed E-state index contributed by atoms with van der Waals surface area (Å²) in [5, 5.41) is 0. The number of para-hydroxylation sites is 1. The zero-order valence-electron chi connectivity index (χ0n) is 15.9. The highest BCUT2D eigenvalue weighted by molar-refractivity contribution is 7.89. The maximum atomic E-state index is 13.2. The minimum Gasteiger partial charge on any atom is -0.468 e. The summed E-state index contributed by atoms with van der Waals surface area (Å²) in [5.74, 6) is 0.236. The van der Waals surface area contributed by atoms with E-state index >= 15 is 0 Å². The quantitative estimate of drug-likeness (QED) is 0.624. The topological polar surface area (TPSA) is 70.8 Å². The van der Waals surface area contributed by atoms with E-state index < -0.39 is 10.0 Å². The Kier molecular flexibility index (Phi) is 5.51. The summed E-state index contributed by atoms with van der Waals surface area (Å²) in [7, 11) is -3.86. The third kappa shape index (κ3) is 4.11. The standard InChI is InChI=1S/C22H22N2O4S/c25-22(24-14-6-9-18-8-4-5-13-21(18)24)17-23(16-19-10-7-15-28-19)29(26,27)20-11-2-1-3-12-20/h1-5,7-8,10-13,15H,6,9,14,16-17H2. The van der Waals surface area contributed by atoms with Crippen LogP contribution < -0.4 is 4.90 Å². The van der Waals surface area contributed by atoms with Crippen LogP contribution in [0.15, 0.2) is 82.3 Å². The van der Waals surface area contributed by atoms with Crippen molar-refractivity contribution in [1.29, 1.82) is 0 Å². The number of sulfonamides is 1. The van der Waals surface area contributed by atoms with Gasteiger partial charge in [0.1, 0.15) is 5.76 Å². The molecule has 150 valence electrons. The normalized spacial score (nSPS) is 14.0. The lowest BCUT2D eigenvalue weighted by Gasteiger charge is -2.31. The monoisotopic (exact) mass is 410 g/mol. The van der Waals surface area contributed by atoms with Crippen molar-refractivity contribution in [3.05, 3.63) is 84.3 Å². The van der Waals surface area contributed by atoms with E-state index in [4.69, 9.17) is 4.42 Å².